The largest absolute Gasteiger partial charge is 0.464 e. The Morgan fingerprint density at radius 2 is 2.33 bits per heavy atom. The topological polar surface area (TPSA) is 107 Å². The second-order valence-corrected chi connectivity index (χ2v) is 4.80. The van der Waals surface area contributed by atoms with Crippen molar-refractivity contribution in [2.45, 2.75) is 19.3 Å². The normalized spacial score (nSPS) is 12.8. The fourth-order valence-electron chi connectivity index (χ4n) is 2.47. The lowest BCUT2D eigenvalue weighted by molar-refractivity contribution is 0.0594. The van der Waals surface area contributed by atoms with Gasteiger partial charge in [-0.1, -0.05) is 0 Å². The highest BCUT2D eigenvalue weighted by atomic mass is 16.5. The van der Waals surface area contributed by atoms with Gasteiger partial charge in [0.2, 0.25) is 0 Å². The lowest BCUT2D eigenvalue weighted by Crippen LogP contribution is -2.08. The van der Waals surface area contributed by atoms with E-state index in [1.54, 1.807) is 0 Å². The zero-order chi connectivity index (χ0) is 15.0. The van der Waals surface area contributed by atoms with Crippen LogP contribution in [0.3, 0.4) is 0 Å². The number of hydrogen-bond acceptors (Lipinski definition) is 6. The lowest BCUT2D eigenvalue weighted by atomic mass is 10.1. The first-order valence-corrected chi connectivity index (χ1v) is 6.50. The number of aryl methyl sites for hydroxylation is 2. The van der Waals surface area contributed by atoms with Crippen molar-refractivity contribution in [2.75, 3.05) is 12.8 Å². The van der Waals surface area contributed by atoms with Gasteiger partial charge in [-0.25, -0.2) is 14.5 Å². The molecule has 0 radical (unpaired) electrons. The minimum Gasteiger partial charge on any atom is -0.464 e. The van der Waals surface area contributed by atoms with E-state index >= 15 is 0 Å². The van der Waals surface area contributed by atoms with Crippen LogP contribution in [0.15, 0.2) is 12.3 Å². The molecule has 3 rings (SSSR count). The van der Waals surface area contributed by atoms with Crippen molar-refractivity contribution in [2.24, 2.45) is 0 Å². The first-order valence-electron chi connectivity index (χ1n) is 6.50. The van der Waals surface area contributed by atoms with Gasteiger partial charge >= 0.3 is 5.97 Å². The van der Waals surface area contributed by atoms with Gasteiger partial charge in [0.15, 0.2) is 11.5 Å². The third-order valence-corrected chi connectivity index (χ3v) is 3.49. The van der Waals surface area contributed by atoms with Crippen molar-refractivity contribution in [1.82, 2.24) is 14.8 Å². The molecule has 7 nitrogen and oxygen atoms in total. The van der Waals surface area contributed by atoms with Gasteiger partial charge in [0.05, 0.1) is 24.6 Å². The molecule has 0 spiro atoms. The summed E-state index contributed by atoms with van der Waals surface area (Å²) in [6, 6.07) is 3.95. The summed E-state index contributed by atoms with van der Waals surface area (Å²) in [5, 5.41) is 13.4. The number of esters is 1. The summed E-state index contributed by atoms with van der Waals surface area (Å²) in [4.78, 5) is 16.1. The van der Waals surface area contributed by atoms with Crippen molar-refractivity contribution in [1.29, 1.82) is 5.26 Å². The monoisotopic (exact) mass is 283 g/mol. The number of anilines is 1. The molecule has 0 aliphatic heterocycles. The minimum absolute atomic E-state index is 0.0173. The summed E-state index contributed by atoms with van der Waals surface area (Å²) < 4.78 is 5.98. The number of methoxy groups -OCH3 is 1. The highest BCUT2D eigenvalue weighted by Gasteiger charge is 2.21. The second kappa shape index (κ2) is 4.90. The molecule has 21 heavy (non-hydrogen) atoms. The van der Waals surface area contributed by atoms with Gasteiger partial charge in [0.25, 0.3) is 0 Å². The lowest BCUT2D eigenvalue weighted by Gasteiger charge is -2.06. The van der Waals surface area contributed by atoms with Gasteiger partial charge in [0, 0.05) is 5.69 Å². The molecule has 2 aromatic heterocycles. The van der Waals surface area contributed by atoms with E-state index in [0.29, 0.717) is 11.4 Å². The third-order valence-electron chi connectivity index (χ3n) is 3.49. The Kier molecular flexibility index (Phi) is 3.06. The number of nitriles is 1. The molecule has 0 atom stereocenters. The SMILES string of the molecule is COC(=O)c1nn(-c2nc3c(cc2C#N)CCC3)cc1N. The van der Waals surface area contributed by atoms with E-state index < -0.39 is 5.97 Å². The summed E-state index contributed by atoms with van der Waals surface area (Å²) in [6.07, 6.45) is 4.32. The average molecular weight is 283 g/mol. The van der Waals surface area contributed by atoms with E-state index in [4.69, 9.17) is 5.73 Å². The highest BCUT2D eigenvalue weighted by molar-refractivity contribution is 5.92. The van der Waals surface area contributed by atoms with Gasteiger partial charge in [-0.3, -0.25) is 0 Å². The molecule has 0 bridgehead atoms. The van der Waals surface area contributed by atoms with E-state index in [1.807, 2.05) is 6.07 Å². The Balaban J connectivity index is 2.13. The average Bonchev–Trinajstić information content (AvgIpc) is 3.10. The van der Waals surface area contributed by atoms with Gasteiger partial charge in [-0.2, -0.15) is 10.4 Å². The summed E-state index contributed by atoms with van der Waals surface area (Å²) in [5.74, 6) is -0.231. The van der Waals surface area contributed by atoms with E-state index in [0.717, 1.165) is 30.5 Å². The quantitative estimate of drug-likeness (QED) is 0.824. The van der Waals surface area contributed by atoms with Gasteiger partial charge in [-0.15, -0.1) is 0 Å². The van der Waals surface area contributed by atoms with Crippen LogP contribution in [0.5, 0.6) is 0 Å². The van der Waals surface area contributed by atoms with Crippen LogP contribution in [0.25, 0.3) is 5.82 Å². The fraction of sp³-hybridized carbons (Fsp3) is 0.286. The van der Waals surface area contributed by atoms with Crippen molar-refractivity contribution in [3.05, 3.63) is 34.8 Å². The van der Waals surface area contributed by atoms with Crippen LogP contribution in [-0.2, 0) is 17.6 Å². The van der Waals surface area contributed by atoms with E-state index in [2.05, 4.69) is 20.9 Å². The molecule has 0 amide bonds. The maximum absolute atomic E-state index is 11.6. The van der Waals surface area contributed by atoms with Crippen molar-refractivity contribution in [3.8, 4) is 11.9 Å². The Hall–Kier alpha value is -2.88. The standard InChI is InChI=1S/C14H13N5O2/c1-21-14(20)12-10(16)7-19(18-12)13-9(6-15)5-8-3-2-4-11(8)17-13/h5,7H,2-4,16H2,1H3. The number of aromatic nitrogens is 3. The molecule has 0 saturated carbocycles. The van der Waals surface area contributed by atoms with Crippen molar-refractivity contribution >= 4 is 11.7 Å². The molecule has 7 heteroatoms. The fourth-order valence-corrected chi connectivity index (χ4v) is 2.47. The van der Waals surface area contributed by atoms with Gasteiger partial charge in [-0.05, 0) is 30.9 Å². The number of nitrogens with zero attached hydrogens (tertiary/aromatic N) is 4. The Labute approximate surface area is 121 Å². The Morgan fingerprint density at radius 3 is 3.05 bits per heavy atom. The molecule has 0 fully saturated rings. The maximum atomic E-state index is 11.6. The second-order valence-electron chi connectivity index (χ2n) is 4.80. The van der Waals surface area contributed by atoms with E-state index in [-0.39, 0.29) is 11.4 Å². The van der Waals surface area contributed by atoms with Crippen LogP contribution in [0.2, 0.25) is 0 Å². The number of ether oxygens (including phenoxy) is 1. The number of rotatable bonds is 2. The summed E-state index contributed by atoms with van der Waals surface area (Å²) in [5.41, 5.74) is 8.45. The predicted octanol–water partition coefficient (Wildman–Crippen LogP) is 0.996. The van der Waals surface area contributed by atoms with Crippen LogP contribution in [0.1, 0.15) is 33.7 Å². The Morgan fingerprint density at radius 1 is 1.52 bits per heavy atom. The Bertz CT molecular complexity index is 772. The predicted molar refractivity (Wildman–Crippen MR) is 73.9 cm³/mol. The summed E-state index contributed by atoms with van der Waals surface area (Å²) in [7, 11) is 1.26. The van der Waals surface area contributed by atoms with E-state index in [1.165, 1.54) is 18.0 Å². The third kappa shape index (κ3) is 2.10. The molecular weight excluding hydrogens is 270 g/mol. The molecule has 0 saturated heterocycles. The smallest absolute Gasteiger partial charge is 0.360 e. The van der Waals surface area contributed by atoms with Crippen LogP contribution in [-0.4, -0.2) is 27.8 Å². The first kappa shape index (κ1) is 13.1. The van der Waals surface area contributed by atoms with Crippen molar-refractivity contribution < 1.29 is 9.53 Å². The van der Waals surface area contributed by atoms with Crippen molar-refractivity contribution in [3.63, 3.8) is 0 Å². The van der Waals surface area contributed by atoms with Crippen LogP contribution in [0.4, 0.5) is 5.69 Å². The summed E-state index contributed by atoms with van der Waals surface area (Å²) in [6.45, 7) is 0. The highest BCUT2D eigenvalue weighted by Crippen LogP contribution is 2.25. The van der Waals surface area contributed by atoms with Crippen LogP contribution >= 0.6 is 0 Å². The molecule has 1 aliphatic carbocycles. The molecular formula is C14H13N5O2. The zero-order valence-electron chi connectivity index (χ0n) is 11.5. The number of carbonyl (C=O) groups is 1. The van der Waals surface area contributed by atoms with Gasteiger partial charge < -0.3 is 10.5 Å². The molecule has 2 aromatic rings. The number of nitrogen functional groups attached to an aromatic ring is 1. The number of pyridine rings is 1. The number of nitrogens with two attached hydrogens (primary N) is 1. The number of fused-ring (bicyclic) bond motifs is 1. The van der Waals surface area contributed by atoms with E-state index in [9.17, 15) is 10.1 Å². The first-order chi connectivity index (χ1) is 10.1. The molecule has 1 aliphatic rings. The molecule has 0 unspecified atom stereocenters. The van der Waals surface area contributed by atoms with Crippen LogP contribution < -0.4 is 5.73 Å². The number of hydrogen-bond donors (Lipinski definition) is 1. The maximum Gasteiger partial charge on any atom is 0.360 e. The van der Waals surface area contributed by atoms with Gasteiger partial charge in [0.1, 0.15) is 6.07 Å². The molecule has 2 heterocycles. The molecule has 0 aromatic carbocycles. The zero-order valence-corrected chi connectivity index (χ0v) is 11.5. The molecule has 106 valence electrons. The minimum atomic E-state index is -0.620. The molecule has 2 N–H and O–H groups in total. The summed E-state index contributed by atoms with van der Waals surface area (Å²) >= 11 is 0. The van der Waals surface area contributed by atoms with Crippen LogP contribution in [0, 0.1) is 11.3 Å². The number of carbonyl (C=O) groups excluding carboxylic acids is 1.